The highest BCUT2D eigenvalue weighted by Crippen LogP contribution is 2.16. The van der Waals surface area contributed by atoms with Crippen molar-refractivity contribution in [2.24, 2.45) is 5.73 Å². The molecule has 0 spiro atoms. The topological polar surface area (TPSA) is 66.0 Å². The molecule has 0 bridgehead atoms. The van der Waals surface area contributed by atoms with Crippen molar-refractivity contribution in [3.63, 3.8) is 0 Å². The minimum atomic E-state index is -0.425. The summed E-state index contributed by atoms with van der Waals surface area (Å²) >= 11 is 0. The van der Waals surface area contributed by atoms with Gasteiger partial charge in [0.1, 0.15) is 5.69 Å². The molecule has 1 saturated heterocycles. The second-order valence-corrected chi connectivity index (χ2v) is 5.04. The highest BCUT2D eigenvalue weighted by molar-refractivity contribution is 5.05. The summed E-state index contributed by atoms with van der Waals surface area (Å²) in [7, 11) is 0. The van der Waals surface area contributed by atoms with Crippen molar-refractivity contribution in [3.8, 4) is 0 Å². The summed E-state index contributed by atoms with van der Waals surface area (Å²) in [5.74, 6) is 0. The van der Waals surface area contributed by atoms with E-state index >= 15 is 0 Å². The van der Waals surface area contributed by atoms with Gasteiger partial charge in [0.2, 0.25) is 0 Å². The Labute approximate surface area is 96.0 Å². The maximum Gasteiger partial charge on any atom is 0.102 e. The summed E-state index contributed by atoms with van der Waals surface area (Å²) in [6.07, 6.45) is 5.73. The molecule has 1 aromatic heterocycles. The molecule has 0 aliphatic carbocycles. The van der Waals surface area contributed by atoms with Crippen LogP contribution in [0.1, 0.15) is 38.8 Å². The summed E-state index contributed by atoms with van der Waals surface area (Å²) in [6, 6.07) is 0. The smallest absolute Gasteiger partial charge is 0.102 e. The quantitative estimate of drug-likeness (QED) is 0.833. The summed E-state index contributed by atoms with van der Waals surface area (Å²) in [5, 5.41) is 8.17. The lowest BCUT2D eigenvalue weighted by atomic mass is 10.0. The second kappa shape index (κ2) is 4.51. The van der Waals surface area contributed by atoms with E-state index in [-0.39, 0.29) is 6.10 Å². The molecule has 1 atom stereocenters. The van der Waals surface area contributed by atoms with Gasteiger partial charge in [-0.15, -0.1) is 5.10 Å². The fourth-order valence-corrected chi connectivity index (χ4v) is 1.84. The molecule has 1 aliphatic rings. The zero-order valence-corrected chi connectivity index (χ0v) is 10.0. The number of nitrogens with zero attached hydrogens (tertiary/aromatic N) is 3. The first kappa shape index (κ1) is 11.5. The Balaban J connectivity index is 1.97. The van der Waals surface area contributed by atoms with Crippen LogP contribution in [0.5, 0.6) is 0 Å². The lowest BCUT2D eigenvalue weighted by molar-refractivity contribution is 0.00369. The molecule has 1 fully saturated rings. The Morgan fingerprint density at radius 2 is 2.38 bits per heavy atom. The number of hydrogen-bond donors (Lipinski definition) is 1. The van der Waals surface area contributed by atoms with Gasteiger partial charge in [0.15, 0.2) is 0 Å². The fourth-order valence-electron chi connectivity index (χ4n) is 1.84. The van der Waals surface area contributed by atoms with Crippen molar-refractivity contribution in [1.82, 2.24) is 15.0 Å². The van der Waals surface area contributed by atoms with E-state index in [1.54, 1.807) is 0 Å². The number of nitrogens with two attached hydrogens (primary N) is 1. The van der Waals surface area contributed by atoms with Crippen LogP contribution >= 0.6 is 0 Å². The lowest BCUT2D eigenvalue weighted by Crippen LogP contribution is -2.29. The molecule has 5 heteroatoms. The average molecular weight is 224 g/mol. The van der Waals surface area contributed by atoms with Gasteiger partial charge in [-0.1, -0.05) is 5.21 Å². The van der Waals surface area contributed by atoms with Crippen LogP contribution in [0.3, 0.4) is 0 Å². The number of ether oxygens (including phenoxy) is 1. The van der Waals surface area contributed by atoms with Crippen molar-refractivity contribution >= 4 is 0 Å². The van der Waals surface area contributed by atoms with E-state index in [4.69, 9.17) is 10.5 Å². The van der Waals surface area contributed by atoms with Crippen molar-refractivity contribution in [2.45, 2.75) is 51.3 Å². The normalized spacial score (nSPS) is 22.3. The SMILES string of the molecule is CC(C)(N)c1cn(CC2CCCCO2)nn1. The Bertz CT molecular complexity index is 336. The zero-order valence-electron chi connectivity index (χ0n) is 10.0. The number of hydrogen-bond acceptors (Lipinski definition) is 4. The van der Waals surface area contributed by atoms with E-state index in [0.29, 0.717) is 0 Å². The second-order valence-electron chi connectivity index (χ2n) is 5.04. The van der Waals surface area contributed by atoms with E-state index in [2.05, 4.69) is 10.3 Å². The standard InChI is InChI=1S/C11H20N4O/c1-11(2,12)10-8-15(14-13-10)7-9-5-3-4-6-16-9/h8-9H,3-7,12H2,1-2H3. The Kier molecular flexibility index (Phi) is 3.25. The molecule has 2 heterocycles. The third kappa shape index (κ3) is 2.80. The molecule has 1 unspecified atom stereocenters. The molecule has 0 aromatic carbocycles. The van der Waals surface area contributed by atoms with Gasteiger partial charge < -0.3 is 10.5 Å². The van der Waals surface area contributed by atoms with Gasteiger partial charge in [0, 0.05) is 6.61 Å². The van der Waals surface area contributed by atoms with Crippen LogP contribution in [0.15, 0.2) is 6.20 Å². The molecular weight excluding hydrogens is 204 g/mol. The van der Waals surface area contributed by atoms with Gasteiger partial charge in [-0.3, -0.25) is 0 Å². The van der Waals surface area contributed by atoms with Crippen LogP contribution in [0.25, 0.3) is 0 Å². The van der Waals surface area contributed by atoms with E-state index in [9.17, 15) is 0 Å². The van der Waals surface area contributed by atoms with Gasteiger partial charge in [0.05, 0.1) is 24.4 Å². The third-order valence-corrected chi connectivity index (χ3v) is 2.86. The molecule has 1 aromatic rings. The van der Waals surface area contributed by atoms with Gasteiger partial charge in [-0.05, 0) is 33.1 Å². The first-order valence-corrected chi connectivity index (χ1v) is 5.87. The van der Waals surface area contributed by atoms with Crippen LogP contribution in [-0.2, 0) is 16.8 Å². The predicted octanol–water partition coefficient (Wildman–Crippen LogP) is 1.04. The Morgan fingerprint density at radius 3 is 2.94 bits per heavy atom. The van der Waals surface area contributed by atoms with Crippen LogP contribution < -0.4 is 5.73 Å². The monoisotopic (exact) mass is 224 g/mol. The van der Waals surface area contributed by atoms with Gasteiger partial charge >= 0.3 is 0 Å². The molecule has 16 heavy (non-hydrogen) atoms. The summed E-state index contributed by atoms with van der Waals surface area (Å²) in [6.45, 7) is 5.51. The van der Waals surface area contributed by atoms with Crippen molar-refractivity contribution in [2.75, 3.05) is 6.61 Å². The lowest BCUT2D eigenvalue weighted by Gasteiger charge is -2.22. The predicted molar refractivity (Wildman–Crippen MR) is 60.8 cm³/mol. The Hall–Kier alpha value is -0.940. The van der Waals surface area contributed by atoms with Crippen LogP contribution in [0.2, 0.25) is 0 Å². The van der Waals surface area contributed by atoms with Crippen LogP contribution in [0.4, 0.5) is 0 Å². The van der Waals surface area contributed by atoms with E-state index in [0.717, 1.165) is 25.3 Å². The van der Waals surface area contributed by atoms with Crippen molar-refractivity contribution < 1.29 is 4.74 Å². The van der Waals surface area contributed by atoms with Crippen molar-refractivity contribution in [3.05, 3.63) is 11.9 Å². The zero-order chi connectivity index (χ0) is 11.6. The highest BCUT2D eigenvalue weighted by atomic mass is 16.5. The number of rotatable bonds is 3. The Morgan fingerprint density at radius 1 is 1.56 bits per heavy atom. The highest BCUT2D eigenvalue weighted by Gasteiger charge is 2.20. The molecule has 1 aliphatic heterocycles. The van der Waals surface area contributed by atoms with Gasteiger partial charge in [-0.25, -0.2) is 4.68 Å². The minimum Gasteiger partial charge on any atom is -0.376 e. The largest absolute Gasteiger partial charge is 0.376 e. The van der Waals surface area contributed by atoms with E-state index < -0.39 is 5.54 Å². The number of aromatic nitrogens is 3. The molecule has 90 valence electrons. The summed E-state index contributed by atoms with van der Waals surface area (Å²) < 4.78 is 7.49. The molecule has 5 nitrogen and oxygen atoms in total. The maximum atomic E-state index is 5.96. The molecule has 0 amide bonds. The first-order valence-electron chi connectivity index (χ1n) is 5.87. The molecule has 0 radical (unpaired) electrons. The van der Waals surface area contributed by atoms with Gasteiger partial charge in [0.25, 0.3) is 0 Å². The molecule has 0 saturated carbocycles. The fraction of sp³-hybridized carbons (Fsp3) is 0.818. The minimum absolute atomic E-state index is 0.282. The van der Waals surface area contributed by atoms with Crippen molar-refractivity contribution in [1.29, 1.82) is 0 Å². The van der Waals surface area contributed by atoms with E-state index in [1.807, 2.05) is 24.7 Å². The summed E-state index contributed by atoms with van der Waals surface area (Å²) in [4.78, 5) is 0. The van der Waals surface area contributed by atoms with E-state index in [1.165, 1.54) is 12.8 Å². The first-order chi connectivity index (χ1) is 7.55. The molecular formula is C11H20N4O. The van der Waals surface area contributed by atoms with Crippen LogP contribution in [-0.4, -0.2) is 27.7 Å². The molecule has 2 N–H and O–H groups in total. The summed E-state index contributed by atoms with van der Waals surface area (Å²) in [5.41, 5.74) is 6.35. The average Bonchev–Trinajstić information content (AvgIpc) is 2.67. The van der Waals surface area contributed by atoms with Crippen LogP contribution in [0, 0.1) is 0 Å². The molecule has 2 rings (SSSR count). The third-order valence-electron chi connectivity index (χ3n) is 2.86. The van der Waals surface area contributed by atoms with Gasteiger partial charge in [-0.2, -0.15) is 0 Å². The maximum absolute atomic E-state index is 5.96.